The van der Waals surface area contributed by atoms with Gasteiger partial charge in [0.15, 0.2) is 5.75 Å². The molecule has 98 valence electrons. The van der Waals surface area contributed by atoms with Crippen molar-refractivity contribution in [1.82, 2.24) is 9.97 Å². The number of nitro benzene ring substituents is 1. The number of rotatable bonds is 4. The van der Waals surface area contributed by atoms with Crippen LogP contribution in [0.3, 0.4) is 0 Å². The van der Waals surface area contributed by atoms with Crippen LogP contribution in [0.4, 0.5) is 5.69 Å². The highest BCUT2D eigenvalue weighted by Gasteiger charge is 2.16. The minimum atomic E-state index is -0.505. The Morgan fingerprint density at radius 2 is 2.05 bits per heavy atom. The average molecular weight is 325 g/mol. The van der Waals surface area contributed by atoms with Crippen LogP contribution in [-0.4, -0.2) is 14.9 Å². The maximum absolute atomic E-state index is 10.8. The van der Waals surface area contributed by atoms with Crippen molar-refractivity contribution in [3.63, 3.8) is 0 Å². The smallest absolute Gasteiger partial charge is 0.321 e. The Bertz CT molecular complexity index is 603. The van der Waals surface area contributed by atoms with Crippen molar-refractivity contribution in [3.8, 4) is 11.8 Å². The van der Waals surface area contributed by atoms with Gasteiger partial charge in [-0.1, -0.05) is 6.07 Å². The van der Waals surface area contributed by atoms with Crippen molar-refractivity contribution in [2.24, 2.45) is 5.73 Å². The lowest BCUT2D eigenvalue weighted by Crippen LogP contribution is -2.00. The summed E-state index contributed by atoms with van der Waals surface area (Å²) < 4.78 is 5.63. The van der Waals surface area contributed by atoms with Gasteiger partial charge in [-0.05, 0) is 22.0 Å². The number of hydrogen-bond acceptors (Lipinski definition) is 6. The first kappa shape index (κ1) is 13.4. The molecule has 0 fully saturated rings. The Hall–Kier alpha value is -2.06. The normalized spacial score (nSPS) is 10.2. The molecule has 2 N–H and O–H groups in total. The Morgan fingerprint density at radius 3 is 2.63 bits per heavy atom. The first-order valence-electron chi connectivity index (χ1n) is 5.23. The van der Waals surface area contributed by atoms with Crippen LogP contribution < -0.4 is 10.5 Å². The second kappa shape index (κ2) is 5.72. The number of nitrogens with zero attached hydrogens (tertiary/aromatic N) is 3. The van der Waals surface area contributed by atoms with Crippen LogP contribution in [-0.2, 0) is 6.54 Å². The molecule has 0 spiro atoms. The van der Waals surface area contributed by atoms with Gasteiger partial charge in [0, 0.05) is 30.6 Å². The minimum absolute atomic E-state index is 0.0870. The van der Waals surface area contributed by atoms with Crippen LogP contribution in [0.25, 0.3) is 0 Å². The standard InChI is InChI=1S/C11H9BrN4O3/c12-10-8(16(17)18)2-1-3-9(10)19-11-14-5-7(4-13)6-15-11/h1-3,5-6H,4,13H2. The topological polar surface area (TPSA) is 104 Å². The fourth-order valence-electron chi connectivity index (χ4n) is 1.32. The lowest BCUT2D eigenvalue weighted by molar-refractivity contribution is -0.385. The summed E-state index contributed by atoms with van der Waals surface area (Å²) in [7, 11) is 0. The molecule has 0 saturated carbocycles. The summed E-state index contributed by atoms with van der Waals surface area (Å²) in [5, 5.41) is 10.8. The van der Waals surface area contributed by atoms with E-state index in [2.05, 4.69) is 25.9 Å². The zero-order valence-corrected chi connectivity index (χ0v) is 11.2. The minimum Gasteiger partial charge on any atom is -0.423 e. The number of benzene rings is 1. The molecule has 1 heterocycles. The third-order valence-electron chi connectivity index (χ3n) is 2.26. The summed E-state index contributed by atoms with van der Waals surface area (Å²) in [6.45, 7) is 0.334. The average Bonchev–Trinajstić information content (AvgIpc) is 2.41. The maximum atomic E-state index is 10.8. The predicted molar refractivity (Wildman–Crippen MR) is 70.8 cm³/mol. The zero-order chi connectivity index (χ0) is 13.8. The van der Waals surface area contributed by atoms with Gasteiger partial charge in [0.1, 0.15) is 4.47 Å². The molecule has 2 rings (SSSR count). The Balaban J connectivity index is 2.27. The fourth-order valence-corrected chi connectivity index (χ4v) is 1.81. The van der Waals surface area contributed by atoms with Gasteiger partial charge in [0.2, 0.25) is 0 Å². The van der Waals surface area contributed by atoms with Crippen LogP contribution in [0.15, 0.2) is 35.1 Å². The lowest BCUT2D eigenvalue weighted by atomic mass is 10.3. The fraction of sp³-hybridized carbons (Fsp3) is 0.0909. The molecule has 0 aliphatic heterocycles. The second-order valence-corrected chi connectivity index (χ2v) is 4.32. The highest BCUT2D eigenvalue weighted by molar-refractivity contribution is 9.10. The van der Waals surface area contributed by atoms with E-state index in [1.165, 1.54) is 24.5 Å². The molecule has 2 aromatic rings. The third-order valence-corrected chi connectivity index (χ3v) is 3.06. The number of aromatic nitrogens is 2. The van der Waals surface area contributed by atoms with E-state index in [0.717, 1.165) is 5.56 Å². The maximum Gasteiger partial charge on any atom is 0.321 e. The SMILES string of the molecule is NCc1cnc(Oc2cccc([N+](=O)[O-])c2Br)nc1. The summed E-state index contributed by atoms with van der Waals surface area (Å²) in [5.74, 6) is 0.273. The monoisotopic (exact) mass is 324 g/mol. The van der Waals surface area contributed by atoms with Crippen molar-refractivity contribution >= 4 is 21.6 Å². The number of nitro groups is 1. The molecular weight excluding hydrogens is 316 g/mol. The molecule has 0 saturated heterocycles. The van der Waals surface area contributed by atoms with E-state index >= 15 is 0 Å². The van der Waals surface area contributed by atoms with E-state index in [9.17, 15) is 10.1 Å². The number of hydrogen-bond donors (Lipinski definition) is 1. The lowest BCUT2D eigenvalue weighted by Gasteiger charge is -2.06. The van der Waals surface area contributed by atoms with Crippen molar-refractivity contribution in [1.29, 1.82) is 0 Å². The van der Waals surface area contributed by atoms with Crippen LogP contribution in [0, 0.1) is 10.1 Å². The zero-order valence-electron chi connectivity index (χ0n) is 9.62. The second-order valence-electron chi connectivity index (χ2n) is 3.53. The van der Waals surface area contributed by atoms with Gasteiger partial charge in [-0.25, -0.2) is 9.97 Å². The molecular formula is C11H9BrN4O3. The van der Waals surface area contributed by atoms with E-state index in [1.807, 2.05) is 0 Å². The van der Waals surface area contributed by atoms with Gasteiger partial charge < -0.3 is 10.5 Å². The number of ether oxygens (including phenoxy) is 1. The van der Waals surface area contributed by atoms with Crippen molar-refractivity contribution in [2.45, 2.75) is 6.54 Å². The summed E-state index contributed by atoms with van der Waals surface area (Å²) in [4.78, 5) is 18.2. The quantitative estimate of drug-likeness (QED) is 0.684. The van der Waals surface area contributed by atoms with Crippen molar-refractivity contribution < 1.29 is 9.66 Å². The highest BCUT2D eigenvalue weighted by atomic mass is 79.9. The third kappa shape index (κ3) is 3.04. The van der Waals surface area contributed by atoms with Gasteiger partial charge in [0.25, 0.3) is 5.69 Å². The van der Waals surface area contributed by atoms with Crippen LogP contribution in [0.5, 0.6) is 11.8 Å². The molecule has 0 amide bonds. The molecule has 8 heteroatoms. The van der Waals surface area contributed by atoms with E-state index in [4.69, 9.17) is 10.5 Å². The first-order chi connectivity index (χ1) is 9.11. The molecule has 0 unspecified atom stereocenters. The highest BCUT2D eigenvalue weighted by Crippen LogP contribution is 2.35. The molecule has 0 aliphatic rings. The Morgan fingerprint density at radius 1 is 1.37 bits per heavy atom. The van der Waals surface area contributed by atoms with E-state index in [1.54, 1.807) is 6.07 Å². The molecule has 0 atom stereocenters. The molecule has 0 bridgehead atoms. The van der Waals surface area contributed by atoms with Gasteiger partial charge in [0.05, 0.1) is 4.92 Å². The van der Waals surface area contributed by atoms with Gasteiger partial charge >= 0.3 is 6.01 Å². The summed E-state index contributed by atoms with van der Waals surface area (Å²) in [5.41, 5.74) is 6.11. The molecule has 1 aromatic carbocycles. The summed E-state index contributed by atoms with van der Waals surface area (Å²) in [6.07, 6.45) is 3.07. The van der Waals surface area contributed by atoms with Gasteiger partial charge in [-0.15, -0.1) is 0 Å². The van der Waals surface area contributed by atoms with Gasteiger partial charge in [-0.2, -0.15) is 0 Å². The van der Waals surface area contributed by atoms with Crippen molar-refractivity contribution in [3.05, 3.63) is 50.7 Å². The molecule has 0 aliphatic carbocycles. The summed E-state index contributed by atoms with van der Waals surface area (Å²) >= 11 is 3.13. The Kier molecular flexibility index (Phi) is 4.03. The first-order valence-corrected chi connectivity index (χ1v) is 6.03. The Labute approximate surface area is 116 Å². The predicted octanol–water partition coefficient (Wildman–Crippen LogP) is 2.40. The van der Waals surface area contributed by atoms with Crippen LogP contribution >= 0.6 is 15.9 Å². The summed E-state index contributed by atoms with van der Waals surface area (Å²) in [6, 6.07) is 4.57. The van der Waals surface area contributed by atoms with Crippen molar-refractivity contribution in [2.75, 3.05) is 0 Å². The van der Waals surface area contributed by atoms with E-state index in [-0.39, 0.29) is 21.9 Å². The van der Waals surface area contributed by atoms with Crippen LogP contribution in [0.1, 0.15) is 5.56 Å². The number of halogens is 1. The number of nitrogens with two attached hydrogens (primary N) is 1. The molecule has 19 heavy (non-hydrogen) atoms. The molecule has 1 aromatic heterocycles. The molecule has 7 nitrogen and oxygen atoms in total. The molecule has 0 radical (unpaired) electrons. The van der Waals surface area contributed by atoms with E-state index < -0.39 is 4.92 Å². The van der Waals surface area contributed by atoms with E-state index in [0.29, 0.717) is 6.54 Å². The van der Waals surface area contributed by atoms with Crippen LogP contribution in [0.2, 0.25) is 0 Å². The largest absolute Gasteiger partial charge is 0.423 e. The van der Waals surface area contributed by atoms with Gasteiger partial charge in [-0.3, -0.25) is 10.1 Å².